The van der Waals surface area contributed by atoms with Gasteiger partial charge in [-0.1, -0.05) is 115 Å². The lowest BCUT2D eigenvalue weighted by molar-refractivity contribution is -0.231. The lowest BCUT2D eigenvalue weighted by Gasteiger charge is -2.62. The molecule has 2 heterocycles. The molecule has 11 aliphatic carbocycles. The molecule has 0 aromatic carbocycles. The van der Waals surface area contributed by atoms with Gasteiger partial charge in [0.05, 0.1) is 33.2 Å². The van der Waals surface area contributed by atoms with Gasteiger partial charge in [0.2, 0.25) is 0 Å². The van der Waals surface area contributed by atoms with Crippen molar-refractivity contribution in [1.29, 1.82) is 0 Å². The monoisotopic (exact) mass is 1250 g/mol. The molecular formula is C75H142O13. The third-order valence-electron chi connectivity index (χ3n) is 22.8. The Bertz CT molecular complexity index is 2170. The third-order valence-corrected chi connectivity index (χ3v) is 22.8. The number of aliphatic hydroxyl groups is 1. The van der Waals surface area contributed by atoms with E-state index in [1.165, 1.54) is 51.4 Å². The molecule has 12 bridgehead atoms. The summed E-state index contributed by atoms with van der Waals surface area (Å²) < 4.78 is 34.4. The third kappa shape index (κ3) is 18.8. The predicted molar refractivity (Wildman–Crippen MR) is 361 cm³/mol. The molecule has 2 saturated heterocycles. The summed E-state index contributed by atoms with van der Waals surface area (Å²) in [7, 11) is 0. The average molecular weight is 1250 g/mol. The predicted octanol–water partition coefficient (Wildman–Crippen LogP) is 19.1. The normalized spacial score (nSPS) is 32.6. The van der Waals surface area contributed by atoms with Crippen LogP contribution in [0.2, 0.25) is 0 Å². The van der Waals surface area contributed by atoms with Crippen molar-refractivity contribution in [3.63, 3.8) is 0 Å². The largest absolute Gasteiger partial charge is 0.459 e. The van der Waals surface area contributed by atoms with E-state index in [9.17, 15) is 33.9 Å². The fraction of sp³-hybridized carbons (Fsp3) is 0.920. The lowest BCUT2D eigenvalue weighted by atomic mass is 9.47. The number of carbonyl (C=O) groups is 6. The Morgan fingerprint density at radius 1 is 0.523 bits per heavy atom. The van der Waals surface area contributed by atoms with Crippen LogP contribution in [0.5, 0.6) is 0 Å². The molecule has 7 unspecified atom stereocenters. The Labute approximate surface area is 541 Å². The summed E-state index contributed by atoms with van der Waals surface area (Å²) in [6.45, 7) is 32.0. The molecule has 0 aromatic heterocycles. The molecule has 13 nitrogen and oxygen atoms in total. The van der Waals surface area contributed by atoms with Crippen LogP contribution in [0.3, 0.4) is 0 Å². The molecular weight excluding hydrogens is 1110 g/mol. The molecule has 13 heteroatoms. The Morgan fingerprint density at radius 2 is 0.943 bits per heavy atom. The maximum Gasteiger partial charge on any atom is 0.344 e. The lowest BCUT2D eigenvalue weighted by Crippen LogP contribution is -2.63. The molecule has 0 spiro atoms. The molecule has 2 aliphatic heterocycles. The molecule has 520 valence electrons. The Morgan fingerprint density at radius 3 is 1.38 bits per heavy atom. The number of fused-ring (bicyclic) bond motifs is 1. The van der Waals surface area contributed by atoms with E-state index in [1.807, 2.05) is 62.3 Å². The first-order valence-electron chi connectivity index (χ1n) is 32.2. The SMILES string of the molecule is C.C.C.C.C.C.C.C.CCC(C)(C)C(=O)OC1(C(C)C)C2CC3CC(C2)CC1C3.CCC(C)(C)C(=O)OC1(C(C)C)CCCC1.CCC(C)(C)C(=O)OC12CC3CC(CC(O)(C3)C1)C2.CCC(C)(C)C(=O)OCC(=O)OC1C2CC3CC(C2)C(=O)OC1C3. The summed E-state index contributed by atoms with van der Waals surface area (Å²) in [4.78, 5) is 73.4. The van der Waals surface area contributed by atoms with Crippen LogP contribution in [0.15, 0.2) is 0 Å². The van der Waals surface area contributed by atoms with E-state index in [0.717, 1.165) is 95.3 Å². The van der Waals surface area contributed by atoms with Gasteiger partial charge in [-0.3, -0.25) is 24.0 Å². The Balaban J connectivity index is 0. The van der Waals surface area contributed by atoms with E-state index in [-0.39, 0.29) is 135 Å². The molecule has 88 heavy (non-hydrogen) atoms. The van der Waals surface area contributed by atoms with Gasteiger partial charge in [0.25, 0.3) is 0 Å². The van der Waals surface area contributed by atoms with E-state index >= 15 is 0 Å². The minimum atomic E-state index is -0.615. The zero-order valence-electron chi connectivity index (χ0n) is 52.8. The summed E-state index contributed by atoms with van der Waals surface area (Å²) in [5.74, 6) is 4.45. The van der Waals surface area contributed by atoms with Crippen molar-refractivity contribution in [2.45, 2.75) is 352 Å². The van der Waals surface area contributed by atoms with Crippen molar-refractivity contribution in [2.24, 2.45) is 86.8 Å². The van der Waals surface area contributed by atoms with Crippen LogP contribution < -0.4 is 0 Å². The molecule has 1 N–H and O–H groups in total. The van der Waals surface area contributed by atoms with Crippen LogP contribution in [0.1, 0.15) is 318 Å². The van der Waals surface area contributed by atoms with Gasteiger partial charge < -0.3 is 33.5 Å². The van der Waals surface area contributed by atoms with E-state index in [0.29, 0.717) is 54.3 Å². The van der Waals surface area contributed by atoms with Gasteiger partial charge in [-0.05, 0) is 250 Å². The highest BCUT2D eigenvalue weighted by Crippen LogP contribution is 2.63. The molecule has 13 aliphatic rings. The minimum absolute atomic E-state index is 0. The van der Waals surface area contributed by atoms with Crippen LogP contribution >= 0.6 is 0 Å². The first kappa shape index (κ1) is 86.8. The quantitative estimate of drug-likeness (QED) is 0.114. The zero-order chi connectivity index (χ0) is 59.2. The average Bonchev–Trinajstić information content (AvgIpc) is 0.952. The molecule has 0 amide bonds. The second kappa shape index (κ2) is 33.1. The van der Waals surface area contributed by atoms with Crippen molar-refractivity contribution in [3.8, 4) is 0 Å². The number of hydrogen-bond acceptors (Lipinski definition) is 13. The van der Waals surface area contributed by atoms with Crippen LogP contribution in [0, 0.1) is 86.8 Å². The molecule has 0 radical (unpaired) electrons. The number of esters is 6. The van der Waals surface area contributed by atoms with Gasteiger partial charge in [-0.2, -0.15) is 0 Å². The summed E-state index contributed by atoms with van der Waals surface area (Å²) in [5, 5.41) is 10.6. The first-order valence-corrected chi connectivity index (χ1v) is 32.2. The minimum Gasteiger partial charge on any atom is -0.459 e. The number of rotatable bonds is 16. The van der Waals surface area contributed by atoms with E-state index < -0.39 is 34.5 Å². The summed E-state index contributed by atoms with van der Waals surface area (Å²) in [5.41, 5.74) is -2.98. The standard InChI is InChI=1S/C19H32O2.C18H26O6.C16H26O3.C14H26O2.8CH4/c1-6-18(4,5)17(20)21-19(12(2)3)15-8-13-7-14(10-15)11-16(19)9-13;1-4-18(2,3)17(21)22-9-14(19)24-15-11-5-10-6-12(8-11)16(20)23-13(15)7-10;1-4-14(2,3)13(17)19-16-8-11-5-12(9-16)7-15(18,6-11)10-16;1-6-13(4,5)12(15)16-14(11(2)3)9-7-8-10-14;;;;;;;;/h12-16H,6-11H2,1-5H3;10-13,15H,4-9H2,1-3H3;11-12,18H,4-10H2,1-3H3;11H,6-10H2,1-5H3;8*1H4. The van der Waals surface area contributed by atoms with Crippen molar-refractivity contribution < 1.29 is 62.3 Å². The topological polar surface area (TPSA) is 178 Å². The van der Waals surface area contributed by atoms with E-state index in [1.54, 1.807) is 13.8 Å². The Kier molecular flexibility index (Phi) is 32.6. The van der Waals surface area contributed by atoms with Crippen LogP contribution in [0.4, 0.5) is 0 Å². The Hall–Kier alpha value is -3.22. The summed E-state index contributed by atoms with van der Waals surface area (Å²) in [6.07, 6.45) is 22.5. The van der Waals surface area contributed by atoms with Crippen molar-refractivity contribution in [2.75, 3.05) is 6.61 Å². The molecule has 0 aromatic rings. The number of carbonyl (C=O) groups excluding carboxylic acids is 6. The van der Waals surface area contributed by atoms with Crippen LogP contribution in [-0.2, 0) is 57.2 Å². The highest BCUT2D eigenvalue weighted by atomic mass is 16.6. The maximum absolute atomic E-state index is 12.8. The maximum atomic E-state index is 12.8. The molecule has 13 fully saturated rings. The van der Waals surface area contributed by atoms with Crippen LogP contribution in [-0.4, -0.2) is 82.1 Å². The van der Waals surface area contributed by atoms with E-state index in [4.69, 9.17) is 28.4 Å². The van der Waals surface area contributed by atoms with Gasteiger partial charge in [0, 0.05) is 12.3 Å². The fourth-order valence-corrected chi connectivity index (χ4v) is 16.6. The van der Waals surface area contributed by atoms with Gasteiger partial charge >= 0.3 is 35.8 Å². The fourth-order valence-electron chi connectivity index (χ4n) is 16.6. The number of hydrogen-bond donors (Lipinski definition) is 1. The van der Waals surface area contributed by atoms with Crippen molar-refractivity contribution >= 4 is 35.8 Å². The van der Waals surface area contributed by atoms with Crippen molar-refractivity contribution in [1.82, 2.24) is 0 Å². The summed E-state index contributed by atoms with van der Waals surface area (Å²) >= 11 is 0. The smallest absolute Gasteiger partial charge is 0.344 e. The second-order valence-electron chi connectivity index (χ2n) is 31.0. The molecule has 7 atom stereocenters. The highest BCUT2D eigenvalue weighted by molar-refractivity contribution is 5.80. The summed E-state index contributed by atoms with van der Waals surface area (Å²) in [6, 6.07) is 0. The zero-order valence-corrected chi connectivity index (χ0v) is 52.8. The van der Waals surface area contributed by atoms with Gasteiger partial charge in [0.15, 0.2) is 6.61 Å². The first-order chi connectivity index (χ1) is 37.2. The van der Waals surface area contributed by atoms with E-state index in [2.05, 4.69) is 34.6 Å². The molecule has 13 rings (SSSR count). The second-order valence-corrected chi connectivity index (χ2v) is 31.0. The van der Waals surface area contributed by atoms with Crippen LogP contribution in [0.25, 0.3) is 0 Å². The van der Waals surface area contributed by atoms with Gasteiger partial charge in [0.1, 0.15) is 29.0 Å². The molecule has 11 saturated carbocycles. The number of ether oxygens (including phenoxy) is 6. The highest BCUT2D eigenvalue weighted by Gasteiger charge is 2.62. The van der Waals surface area contributed by atoms with Gasteiger partial charge in [-0.15, -0.1) is 0 Å². The van der Waals surface area contributed by atoms with Crippen molar-refractivity contribution in [3.05, 3.63) is 0 Å². The van der Waals surface area contributed by atoms with Gasteiger partial charge in [-0.25, -0.2) is 4.79 Å².